The van der Waals surface area contributed by atoms with Gasteiger partial charge in [0.15, 0.2) is 0 Å². The largest absolute Gasteiger partial charge is 0.450 e. The van der Waals surface area contributed by atoms with E-state index in [1.807, 2.05) is 13.0 Å². The number of hydrogen-bond acceptors (Lipinski definition) is 4. The standard InChI is InChI=1S/C13H18N2O3S/c1-3-18-13(17)15-6-4-9-8-11(12(16)14-2)19-10(9)5-7-15/h8H,3-7H2,1-2H3,(H,14,16). The Kier molecular flexibility index (Phi) is 4.42. The van der Waals surface area contributed by atoms with Crippen LogP contribution >= 0.6 is 11.3 Å². The van der Waals surface area contributed by atoms with Gasteiger partial charge in [-0.1, -0.05) is 0 Å². The number of ether oxygens (including phenoxy) is 1. The highest BCUT2D eigenvalue weighted by Crippen LogP contribution is 2.26. The highest BCUT2D eigenvalue weighted by molar-refractivity contribution is 7.14. The number of fused-ring (bicyclic) bond motifs is 1. The Labute approximate surface area is 116 Å². The maximum absolute atomic E-state index is 11.7. The summed E-state index contributed by atoms with van der Waals surface area (Å²) in [5.74, 6) is -0.0414. The second kappa shape index (κ2) is 6.06. The number of amides is 2. The number of nitrogens with one attached hydrogen (secondary N) is 1. The third kappa shape index (κ3) is 3.07. The Morgan fingerprint density at radius 3 is 2.84 bits per heavy atom. The molecule has 1 aliphatic rings. The molecule has 2 rings (SSSR count). The molecule has 1 aromatic heterocycles. The highest BCUT2D eigenvalue weighted by Gasteiger charge is 2.22. The van der Waals surface area contributed by atoms with E-state index in [1.165, 1.54) is 21.8 Å². The minimum atomic E-state index is -0.246. The van der Waals surface area contributed by atoms with Gasteiger partial charge in [0.25, 0.3) is 5.91 Å². The fourth-order valence-electron chi connectivity index (χ4n) is 2.13. The number of carbonyl (C=O) groups excluding carboxylic acids is 2. The van der Waals surface area contributed by atoms with E-state index in [2.05, 4.69) is 5.32 Å². The Hall–Kier alpha value is -1.56. The van der Waals surface area contributed by atoms with Crippen LogP contribution in [-0.2, 0) is 17.6 Å². The normalized spacial score (nSPS) is 14.5. The minimum Gasteiger partial charge on any atom is -0.450 e. The molecule has 0 saturated carbocycles. The van der Waals surface area contributed by atoms with Gasteiger partial charge in [0.1, 0.15) is 0 Å². The van der Waals surface area contributed by atoms with Crippen molar-refractivity contribution in [3.05, 3.63) is 21.4 Å². The van der Waals surface area contributed by atoms with Crippen LogP contribution in [0.1, 0.15) is 27.0 Å². The molecular weight excluding hydrogens is 264 g/mol. The lowest BCUT2D eigenvalue weighted by atomic mass is 10.1. The zero-order valence-electron chi connectivity index (χ0n) is 11.2. The lowest BCUT2D eigenvalue weighted by molar-refractivity contribution is 0.0966. The van der Waals surface area contributed by atoms with Crippen LogP contribution in [0.2, 0.25) is 0 Å². The molecule has 104 valence electrons. The van der Waals surface area contributed by atoms with E-state index >= 15 is 0 Å². The second-order valence-electron chi connectivity index (χ2n) is 4.32. The summed E-state index contributed by atoms with van der Waals surface area (Å²) in [6.07, 6.45) is 1.32. The summed E-state index contributed by atoms with van der Waals surface area (Å²) < 4.78 is 5.02. The zero-order valence-corrected chi connectivity index (χ0v) is 12.0. The molecule has 0 radical (unpaired) electrons. The molecular formula is C13H18N2O3S. The van der Waals surface area contributed by atoms with E-state index in [9.17, 15) is 9.59 Å². The van der Waals surface area contributed by atoms with Crippen LogP contribution in [-0.4, -0.2) is 43.6 Å². The lowest BCUT2D eigenvalue weighted by Gasteiger charge is -2.19. The molecule has 2 amide bonds. The van der Waals surface area contributed by atoms with Crippen LogP contribution in [0, 0.1) is 0 Å². The Bertz CT molecular complexity index is 459. The SMILES string of the molecule is CCOC(=O)N1CCc2cc(C(=O)NC)sc2CC1. The van der Waals surface area contributed by atoms with Gasteiger partial charge in [-0.2, -0.15) is 0 Å². The summed E-state index contributed by atoms with van der Waals surface area (Å²) in [4.78, 5) is 27.0. The van der Waals surface area contributed by atoms with Gasteiger partial charge in [-0.15, -0.1) is 11.3 Å². The minimum absolute atomic E-state index is 0.0414. The van der Waals surface area contributed by atoms with Crippen molar-refractivity contribution in [1.29, 1.82) is 0 Å². The van der Waals surface area contributed by atoms with Crippen molar-refractivity contribution in [2.45, 2.75) is 19.8 Å². The molecule has 0 saturated heterocycles. The molecule has 0 aromatic carbocycles. The molecule has 0 unspecified atom stereocenters. The molecule has 5 nitrogen and oxygen atoms in total. The van der Waals surface area contributed by atoms with Gasteiger partial charge in [0.05, 0.1) is 11.5 Å². The third-order valence-electron chi connectivity index (χ3n) is 3.13. The zero-order chi connectivity index (χ0) is 13.8. The van der Waals surface area contributed by atoms with Crippen molar-refractivity contribution in [1.82, 2.24) is 10.2 Å². The second-order valence-corrected chi connectivity index (χ2v) is 5.46. The molecule has 0 spiro atoms. The van der Waals surface area contributed by atoms with Crippen LogP contribution in [0.25, 0.3) is 0 Å². The van der Waals surface area contributed by atoms with E-state index in [0.29, 0.717) is 19.7 Å². The summed E-state index contributed by atoms with van der Waals surface area (Å²) in [6.45, 7) is 3.51. The summed E-state index contributed by atoms with van der Waals surface area (Å²) >= 11 is 1.52. The average Bonchev–Trinajstić information content (AvgIpc) is 2.71. The van der Waals surface area contributed by atoms with Crippen LogP contribution in [0.15, 0.2) is 6.07 Å². The van der Waals surface area contributed by atoms with Crippen LogP contribution in [0.4, 0.5) is 4.79 Å². The molecule has 1 aliphatic heterocycles. The first-order valence-electron chi connectivity index (χ1n) is 6.41. The molecule has 0 atom stereocenters. The molecule has 1 aromatic rings. The smallest absolute Gasteiger partial charge is 0.409 e. The van der Waals surface area contributed by atoms with Gasteiger partial charge in [-0.3, -0.25) is 4.79 Å². The summed E-state index contributed by atoms with van der Waals surface area (Å²) in [5, 5.41) is 2.64. The van der Waals surface area contributed by atoms with E-state index in [4.69, 9.17) is 4.74 Å². The van der Waals surface area contributed by atoms with E-state index in [-0.39, 0.29) is 12.0 Å². The first-order chi connectivity index (χ1) is 9.15. The van der Waals surface area contributed by atoms with Gasteiger partial charge < -0.3 is 15.0 Å². The predicted molar refractivity (Wildman–Crippen MR) is 73.7 cm³/mol. The summed E-state index contributed by atoms with van der Waals surface area (Å²) in [7, 11) is 1.63. The van der Waals surface area contributed by atoms with Crippen molar-refractivity contribution in [3.8, 4) is 0 Å². The van der Waals surface area contributed by atoms with Crippen molar-refractivity contribution >= 4 is 23.3 Å². The summed E-state index contributed by atoms with van der Waals surface area (Å²) in [5.41, 5.74) is 1.18. The maximum atomic E-state index is 11.7. The first kappa shape index (κ1) is 13.9. The van der Waals surface area contributed by atoms with Crippen LogP contribution in [0.3, 0.4) is 0 Å². The topological polar surface area (TPSA) is 58.6 Å². The molecule has 2 heterocycles. The Balaban J connectivity index is 2.06. The fraction of sp³-hybridized carbons (Fsp3) is 0.538. The van der Waals surface area contributed by atoms with E-state index < -0.39 is 0 Å². The average molecular weight is 282 g/mol. The van der Waals surface area contributed by atoms with Crippen molar-refractivity contribution in [2.75, 3.05) is 26.7 Å². The maximum Gasteiger partial charge on any atom is 0.409 e. The van der Waals surface area contributed by atoms with Crippen LogP contribution in [0.5, 0.6) is 0 Å². The molecule has 19 heavy (non-hydrogen) atoms. The van der Waals surface area contributed by atoms with Gasteiger partial charge in [0, 0.05) is 25.0 Å². The van der Waals surface area contributed by atoms with Gasteiger partial charge in [-0.25, -0.2) is 4.79 Å². The van der Waals surface area contributed by atoms with E-state index in [0.717, 1.165) is 17.7 Å². The third-order valence-corrected chi connectivity index (χ3v) is 4.37. The highest BCUT2D eigenvalue weighted by atomic mass is 32.1. The number of thiophene rings is 1. The van der Waals surface area contributed by atoms with E-state index in [1.54, 1.807) is 11.9 Å². The number of carbonyl (C=O) groups is 2. The number of nitrogens with zero attached hydrogens (tertiary/aromatic N) is 1. The number of rotatable bonds is 2. The molecule has 1 N–H and O–H groups in total. The summed E-state index contributed by atoms with van der Waals surface area (Å²) in [6, 6.07) is 1.94. The van der Waals surface area contributed by atoms with Crippen molar-refractivity contribution in [2.24, 2.45) is 0 Å². The number of hydrogen-bond donors (Lipinski definition) is 1. The molecule has 0 fully saturated rings. The molecule has 0 aliphatic carbocycles. The van der Waals surface area contributed by atoms with Crippen molar-refractivity contribution < 1.29 is 14.3 Å². The monoisotopic (exact) mass is 282 g/mol. The Morgan fingerprint density at radius 2 is 2.16 bits per heavy atom. The van der Waals surface area contributed by atoms with Crippen LogP contribution < -0.4 is 5.32 Å². The first-order valence-corrected chi connectivity index (χ1v) is 7.22. The van der Waals surface area contributed by atoms with Gasteiger partial charge in [-0.05, 0) is 31.4 Å². The predicted octanol–water partition coefficient (Wildman–Crippen LogP) is 1.66. The molecule has 6 heteroatoms. The van der Waals surface area contributed by atoms with Crippen molar-refractivity contribution in [3.63, 3.8) is 0 Å². The fourth-order valence-corrected chi connectivity index (χ4v) is 3.27. The van der Waals surface area contributed by atoms with Gasteiger partial charge >= 0.3 is 6.09 Å². The molecule has 0 bridgehead atoms. The quantitative estimate of drug-likeness (QED) is 0.897. The lowest BCUT2D eigenvalue weighted by Crippen LogP contribution is -2.33. The Morgan fingerprint density at radius 1 is 1.42 bits per heavy atom. The van der Waals surface area contributed by atoms with Gasteiger partial charge in [0.2, 0.25) is 0 Å².